The zero-order chi connectivity index (χ0) is 27.3. The highest BCUT2D eigenvalue weighted by molar-refractivity contribution is 5.86. The van der Waals surface area contributed by atoms with Crippen molar-refractivity contribution in [1.82, 2.24) is 9.80 Å². The normalized spacial score (nSPS) is 21.7. The first-order chi connectivity index (χ1) is 18.1. The largest absolute Gasteiger partial charge is 0.477 e. The topological polar surface area (TPSA) is 88.6 Å². The number of ether oxygens (including phenoxy) is 3. The van der Waals surface area contributed by atoms with Gasteiger partial charge in [0.25, 0.3) is 5.91 Å². The van der Waals surface area contributed by atoms with E-state index in [1.54, 1.807) is 4.90 Å². The fourth-order valence-electron chi connectivity index (χ4n) is 5.65. The van der Waals surface area contributed by atoms with E-state index >= 15 is 0 Å². The van der Waals surface area contributed by atoms with E-state index in [1.165, 1.54) is 0 Å². The SMILES string of the molecule is CCOC(=O)[C@@H]1CCCN(c2cccc(OC3(C(=O)N4CCN(C(=O)OC(C)(C)C)CC4)CCCC3)c2)C1. The quantitative estimate of drug-likeness (QED) is 0.510. The molecular formula is C29H43N3O6. The Kier molecular flexibility index (Phi) is 8.73. The van der Waals surface area contributed by atoms with Gasteiger partial charge in [0.1, 0.15) is 11.4 Å². The molecule has 1 saturated carbocycles. The Morgan fingerprint density at radius 1 is 0.974 bits per heavy atom. The van der Waals surface area contributed by atoms with Gasteiger partial charge in [-0.25, -0.2) is 4.79 Å². The molecule has 3 aliphatic rings. The highest BCUT2D eigenvalue weighted by atomic mass is 16.6. The number of carbonyl (C=O) groups is 3. The van der Waals surface area contributed by atoms with Gasteiger partial charge in [0.2, 0.25) is 0 Å². The monoisotopic (exact) mass is 529 g/mol. The number of anilines is 1. The highest BCUT2D eigenvalue weighted by Crippen LogP contribution is 2.38. The van der Waals surface area contributed by atoms with E-state index in [0.29, 0.717) is 57.9 Å². The second-order valence-electron chi connectivity index (χ2n) is 11.6. The van der Waals surface area contributed by atoms with Crippen LogP contribution in [0.5, 0.6) is 5.75 Å². The second kappa shape index (κ2) is 11.8. The van der Waals surface area contributed by atoms with Gasteiger partial charge in [-0.15, -0.1) is 0 Å². The number of benzene rings is 1. The van der Waals surface area contributed by atoms with E-state index in [4.69, 9.17) is 14.2 Å². The molecule has 0 radical (unpaired) electrons. The maximum absolute atomic E-state index is 13.8. The molecule has 0 bridgehead atoms. The summed E-state index contributed by atoms with van der Waals surface area (Å²) in [5, 5.41) is 0. The molecule has 1 aliphatic carbocycles. The summed E-state index contributed by atoms with van der Waals surface area (Å²) in [6.07, 6.45) is 4.66. The molecule has 1 aromatic rings. The Balaban J connectivity index is 1.41. The van der Waals surface area contributed by atoms with Crippen molar-refractivity contribution in [1.29, 1.82) is 0 Å². The minimum absolute atomic E-state index is 0.00425. The molecule has 9 heteroatoms. The molecule has 1 aromatic carbocycles. The summed E-state index contributed by atoms with van der Waals surface area (Å²) in [7, 11) is 0. The lowest BCUT2D eigenvalue weighted by Crippen LogP contribution is -2.58. The van der Waals surface area contributed by atoms with Gasteiger partial charge in [-0.05, 0) is 78.4 Å². The molecule has 38 heavy (non-hydrogen) atoms. The van der Waals surface area contributed by atoms with Crippen LogP contribution in [0.1, 0.15) is 66.2 Å². The van der Waals surface area contributed by atoms with Gasteiger partial charge in [-0.2, -0.15) is 0 Å². The molecule has 210 valence electrons. The van der Waals surface area contributed by atoms with Crippen LogP contribution in [0.4, 0.5) is 10.5 Å². The van der Waals surface area contributed by atoms with Crippen LogP contribution < -0.4 is 9.64 Å². The summed E-state index contributed by atoms with van der Waals surface area (Å²) < 4.78 is 17.3. The van der Waals surface area contributed by atoms with Gasteiger partial charge >= 0.3 is 12.1 Å². The van der Waals surface area contributed by atoms with Crippen molar-refractivity contribution in [3.05, 3.63) is 24.3 Å². The molecule has 0 unspecified atom stereocenters. The number of hydrogen-bond donors (Lipinski definition) is 0. The molecule has 2 amide bonds. The van der Waals surface area contributed by atoms with E-state index < -0.39 is 11.2 Å². The average Bonchev–Trinajstić information content (AvgIpc) is 3.37. The molecule has 2 aliphatic heterocycles. The third kappa shape index (κ3) is 6.72. The van der Waals surface area contributed by atoms with E-state index in [9.17, 15) is 14.4 Å². The van der Waals surface area contributed by atoms with Crippen molar-refractivity contribution in [3.63, 3.8) is 0 Å². The van der Waals surface area contributed by atoms with Crippen LogP contribution in [-0.2, 0) is 19.1 Å². The first-order valence-corrected chi connectivity index (χ1v) is 14.1. The number of esters is 1. The van der Waals surface area contributed by atoms with Crippen LogP contribution >= 0.6 is 0 Å². The number of amides is 2. The first-order valence-electron chi connectivity index (χ1n) is 14.1. The Hall–Kier alpha value is -2.97. The van der Waals surface area contributed by atoms with E-state index in [1.807, 2.05) is 56.9 Å². The highest BCUT2D eigenvalue weighted by Gasteiger charge is 2.47. The van der Waals surface area contributed by atoms with Gasteiger partial charge in [-0.3, -0.25) is 9.59 Å². The number of rotatable bonds is 6. The van der Waals surface area contributed by atoms with Gasteiger partial charge in [0.05, 0.1) is 12.5 Å². The van der Waals surface area contributed by atoms with E-state index in [-0.39, 0.29) is 23.9 Å². The van der Waals surface area contributed by atoms with Crippen molar-refractivity contribution >= 4 is 23.7 Å². The summed E-state index contributed by atoms with van der Waals surface area (Å²) in [6.45, 7) is 11.1. The Bertz CT molecular complexity index is 992. The van der Waals surface area contributed by atoms with Crippen molar-refractivity contribution in [3.8, 4) is 5.75 Å². The zero-order valence-electron chi connectivity index (χ0n) is 23.4. The molecular weight excluding hydrogens is 486 g/mol. The second-order valence-corrected chi connectivity index (χ2v) is 11.6. The lowest BCUT2D eigenvalue weighted by atomic mass is 9.97. The van der Waals surface area contributed by atoms with Gasteiger partial charge < -0.3 is 28.9 Å². The maximum atomic E-state index is 13.8. The van der Waals surface area contributed by atoms with Crippen molar-refractivity contribution in [2.75, 3.05) is 50.8 Å². The Morgan fingerprint density at radius 2 is 1.66 bits per heavy atom. The summed E-state index contributed by atoms with van der Waals surface area (Å²) in [5.41, 5.74) is -0.445. The van der Waals surface area contributed by atoms with Gasteiger partial charge in [0.15, 0.2) is 5.60 Å². The van der Waals surface area contributed by atoms with Crippen LogP contribution in [0.25, 0.3) is 0 Å². The first kappa shape index (κ1) is 28.0. The number of carbonyl (C=O) groups excluding carboxylic acids is 3. The minimum Gasteiger partial charge on any atom is -0.477 e. The van der Waals surface area contributed by atoms with Crippen LogP contribution in [0.3, 0.4) is 0 Å². The summed E-state index contributed by atoms with van der Waals surface area (Å²) >= 11 is 0. The lowest BCUT2D eigenvalue weighted by Gasteiger charge is -2.40. The van der Waals surface area contributed by atoms with Crippen LogP contribution in [0.15, 0.2) is 24.3 Å². The zero-order valence-corrected chi connectivity index (χ0v) is 23.4. The fraction of sp³-hybridized carbons (Fsp3) is 0.690. The smallest absolute Gasteiger partial charge is 0.410 e. The van der Waals surface area contributed by atoms with Crippen molar-refractivity contribution < 1.29 is 28.6 Å². The predicted molar refractivity (Wildman–Crippen MR) is 144 cm³/mol. The third-order valence-corrected chi connectivity index (χ3v) is 7.56. The summed E-state index contributed by atoms with van der Waals surface area (Å²) in [5.74, 6) is 0.412. The van der Waals surface area contributed by atoms with Gasteiger partial charge in [0, 0.05) is 51.0 Å². The van der Waals surface area contributed by atoms with Crippen LogP contribution in [0, 0.1) is 5.92 Å². The number of piperidine rings is 1. The maximum Gasteiger partial charge on any atom is 0.410 e. The molecule has 3 fully saturated rings. The van der Waals surface area contributed by atoms with Crippen molar-refractivity contribution in [2.24, 2.45) is 5.92 Å². The van der Waals surface area contributed by atoms with E-state index in [2.05, 4.69) is 4.90 Å². The molecule has 4 rings (SSSR count). The van der Waals surface area contributed by atoms with Crippen LogP contribution in [-0.4, -0.2) is 84.8 Å². The standard InChI is InChI=1S/C29H43N3O6/c1-5-36-25(33)22-10-9-15-32(21-22)23-11-8-12-24(20-23)37-29(13-6-7-14-29)26(34)30-16-18-31(19-17-30)27(35)38-28(2,3)4/h8,11-12,20,22H,5-7,9-10,13-19,21H2,1-4H3/t22-/m1/s1. The third-order valence-electron chi connectivity index (χ3n) is 7.56. The van der Waals surface area contributed by atoms with Crippen molar-refractivity contribution in [2.45, 2.75) is 77.4 Å². The summed E-state index contributed by atoms with van der Waals surface area (Å²) in [6, 6.07) is 7.87. The molecule has 9 nitrogen and oxygen atoms in total. The average molecular weight is 530 g/mol. The molecule has 0 spiro atoms. The number of hydrogen-bond acceptors (Lipinski definition) is 7. The minimum atomic E-state index is -0.887. The fourth-order valence-corrected chi connectivity index (χ4v) is 5.65. The lowest BCUT2D eigenvalue weighted by molar-refractivity contribution is -0.150. The Labute approximate surface area is 226 Å². The van der Waals surface area contributed by atoms with E-state index in [0.717, 1.165) is 37.9 Å². The number of nitrogens with zero attached hydrogens (tertiary/aromatic N) is 3. The molecule has 0 N–H and O–H groups in total. The predicted octanol–water partition coefficient (Wildman–Crippen LogP) is 4.24. The molecule has 0 aromatic heterocycles. The molecule has 2 saturated heterocycles. The number of piperazine rings is 1. The molecule has 2 heterocycles. The summed E-state index contributed by atoms with van der Waals surface area (Å²) in [4.78, 5) is 44.3. The van der Waals surface area contributed by atoms with Gasteiger partial charge in [-0.1, -0.05) is 6.07 Å². The van der Waals surface area contributed by atoms with Crippen LogP contribution in [0.2, 0.25) is 0 Å². The Morgan fingerprint density at radius 3 is 2.32 bits per heavy atom. The molecule has 1 atom stereocenters.